The Morgan fingerprint density at radius 3 is 3.13 bits per heavy atom. The molecule has 0 aliphatic carbocycles. The second-order valence-corrected chi connectivity index (χ2v) is 4.10. The first kappa shape index (κ1) is 10.7. The Bertz CT molecular complexity index is 359. The van der Waals surface area contributed by atoms with E-state index in [2.05, 4.69) is 4.98 Å². The van der Waals surface area contributed by atoms with Gasteiger partial charge in [-0.25, -0.2) is 4.98 Å². The van der Waals surface area contributed by atoms with Crippen molar-refractivity contribution in [3.05, 3.63) is 22.8 Å². The first-order chi connectivity index (χ1) is 7.18. The average Bonchev–Trinajstić information content (AvgIpc) is 2.23. The number of ether oxygens (including phenoxy) is 1. The summed E-state index contributed by atoms with van der Waals surface area (Å²) in [6, 6.07) is 1.77. The number of aliphatic hydroxyl groups excluding tert-OH is 1. The summed E-state index contributed by atoms with van der Waals surface area (Å²) in [7, 11) is 0. The molecular formula is C10H13ClN2O2. The second kappa shape index (κ2) is 4.35. The van der Waals surface area contributed by atoms with E-state index in [4.69, 9.17) is 22.1 Å². The minimum Gasteiger partial charge on any atom is -0.390 e. The predicted molar refractivity (Wildman–Crippen MR) is 57.8 cm³/mol. The number of nitrogens with zero attached hydrogens (tertiary/aromatic N) is 1. The summed E-state index contributed by atoms with van der Waals surface area (Å²) in [6.45, 7) is 0.976. The maximum atomic E-state index is 9.79. The number of anilines is 1. The van der Waals surface area contributed by atoms with Crippen molar-refractivity contribution in [2.75, 3.05) is 18.9 Å². The van der Waals surface area contributed by atoms with Crippen LogP contribution in [-0.2, 0) is 4.74 Å². The number of hydrogen-bond donors (Lipinski definition) is 2. The molecule has 1 aromatic rings. The molecule has 0 spiro atoms. The zero-order chi connectivity index (χ0) is 10.8. The Morgan fingerprint density at radius 1 is 1.60 bits per heavy atom. The molecule has 2 unspecified atom stereocenters. The van der Waals surface area contributed by atoms with Gasteiger partial charge in [0, 0.05) is 24.3 Å². The minimum atomic E-state index is -0.527. The molecule has 1 aliphatic heterocycles. The fourth-order valence-electron chi connectivity index (χ4n) is 1.85. The summed E-state index contributed by atoms with van der Waals surface area (Å²) >= 11 is 5.85. The fourth-order valence-corrected chi connectivity index (χ4v) is 2.01. The lowest BCUT2D eigenvalue weighted by Crippen LogP contribution is -2.31. The van der Waals surface area contributed by atoms with Gasteiger partial charge in [-0.05, 0) is 12.5 Å². The van der Waals surface area contributed by atoms with Gasteiger partial charge < -0.3 is 15.6 Å². The van der Waals surface area contributed by atoms with E-state index < -0.39 is 6.10 Å². The van der Waals surface area contributed by atoms with E-state index in [9.17, 15) is 5.11 Å². The molecule has 4 nitrogen and oxygen atoms in total. The lowest BCUT2D eigenvalue weighted by atomic mass is 9.90. The smallest absolute Gasteiger partial charge is 0.127 e. The van der Waals surface area contributed by atoms with Crippen molar-refractivity contribution >= 4 is 17.4 Å². The van der Waals surface area contributed by atoms with Gasteiger partial charge >= 0.3 is 0 Å². The highest BCUT2D eigenvalue weighted by Gasteiger charge is 2.27. The normalized spacial score (nSPS) is 26.5. The summed E-state index contributed by atoms with van der Waals surface area (Å²) in [5, 5.41) is 10.3. The van der Waals surface area contributed by atoms with Gasteiger partial charge in [0.05, 0.1) is 17.7 Å². The number of hydrogen-bond acceptors (Lipinski definition) is 4. The third-order valence-corrected chi connectivity index (χ3v) is 2.85. The van der Waals surface area contributed by atoms with Crippen molar-refractivity contribution in [1.29, 1.82) is 0 Å². The van der Waals surface area contributed by atoms with Gasteiger partial charge in [0.25, 0.3) is 0 Å². The molecule has 1 aromatic heterocycles. The van der Waals surface area contributed by atoms with Crippen LogP contribution in [-0.4, -0.2) is 29.4 Å². The molecule has 0 amide bonds. The average molecular weight is 229 g/mol. The highest BCUT2D eigenvalue weighted by atomic mass is 35.5. The van der Waals surface area contributed by atoms with Gasteiger partial charge in [0.2, 0.25) is 0 Å². The Morgan fingerprint density at radius 2 is 2.40 bits per heavy atom. The Hall–Kier alpha value is -0.840. The molecule has 0 bridgehead atoms. The number of nitrogen functional groups attached to an aromatic ring is 1. The van der Waals surface area contributed by atoms with Gasteiger partial charge in [0.15, 0.2) is 0 Å². The van der Waals surface area contributed by atoms with Crippen molar-refractivity contribution in [3.8, 4) is 0 Å². The molecule has 1 saturated heterocycles. The highest BCUT2D eigenvalue weighted by molar-refractivity contribution is 6.30. The standard InChI is InChI=1S/C10H13ClN2O2/c11-6-3-8(10(12)13-4-6)7-1-2-15-5-9(7)14/h3-4,7,9,14H,1-2,5H2,(H2,12,13). The summed E-state index contributed by atoms with van der Waals surface area (Å²) < 4.78 is 5.16. The Balaban J connectivity index is 2.30. The molecule has 2 atom stereocenters. The van der Waals surface area contributed by atoms with E-state index >= 15 is 0 Å². The molecule has 3 N–H and O–H groups in total. The van der Waals surface area contributed by atoms with Crippen LogP contribution in [0.3, 0.4) is 0 Å². The van der Waals surface area contributed by atoms with Crippen molar-refractivity contribution < 1.29 is 9.84 Å². The summed E-state index contributed by atoms with van der Waals surface area (Å²) in [6.07, 6.45) is 1.72. The van der Waals surface area contributed by atoms with E-state index in [0.29, 0.717) is 24.1 Å². The second-order valence-electron chi connectivity index (χ2n) is 3.67. The number of aliphatic hydroxyl groups is 1. The van der Waals surface area contributed by atoms with Crippen LogP contribution < -0.4 is 5.73 Å². The lowest BCUT2D eigenvalue weighted by molar-refractivity contribution is -0.0204. The Kier molecular flexibility index (Phi) is 3.09. The topological polar surface area (TPSA) is 68.4 Å². The van der Waals surface area contributed by atoms with Crippen LogP contribution in [0.5, 0.6) is 0 Å². The van der Waals surface area contributed by atoms with Gasteiger partial charge in [-0.1, -0.05) is 11.6 Å². The van der Waals surface area contributed by atoms with Crippen LogP contribution in [0.25, 0.3) is 0 Å². The quantitative estimate of drug-likeness (QED) is 0.758. The zero-order valence-corrected chi connectivity index (χ0v) is 8.94. The van der Waals surface area contributed by atoms with E-state index in [0.717, 1.165) is 12.0 Å². The number of pyridine rings is 1. The molecule has 2 heterocycles. The number of halogens is 1. The maximum absolute atomic E-state index is 9.79. The molecule has 1 aliphatic rings. The van der Waals surface area contributed by atoms with Crippen LogP contribution in [0.1, 0.15) is 17.9 Å². The van der Waals surface area contributed by atoms with E-state index in [1.54, 1.807) is 6.07 Å². The molecule has 0 radical (unpaired) electrons. The van der Waals surface area contributed by atoms with Crippen LogP contribution in [0, 0.1) is 0 Å². The number of nitrogens with two attached hydrogens (primary N) is 1. The minimum absolute atomic E-state index is 0.0232. The van der Waals surface area contributed by atoms with Gasteiger partial charge in [-0.2, -0.15) is 0 Å². The molecule has 2 rings (SSSR count). The predicted octanol–water partition coefficient (Wildman–Crippen LogP) is 1.18. The van der Waals surface area contributed by atoms with Gasteiger partial charge in [-0.15, -0.1) is 0 Å². The van der Waals surface area contributed by atoms with Crippen molar-refractivity contribution in [3.63, 3.8) is 0 Å². The molecule has 0 aromatic carbocycles. The molecule has 82 valence electrons. The van der Waals surface area contributed by atoms with E-state index in [1.807, 2.05) is 0 Å². The van der Waals surface area contributed by atoms with Crippen LogP contribution in [0.2, 0.25) is 5.02 Å². The molecule has 15 heavy (non-hydrogen) atoms. The van der Waals surface area contributed by atoms with Crippen molar-refractivity contribution in [2.45, 2.75) is 18.4 Å². The third kappa shape index (κ3) is 2.22. The molecular weight excluding hydrogens is 216 g/mol. The third-order valence-electron chi connectivity index (χ3n) is 2.64. The van der Waals surface area contributed by atoms with Crippen LogP contribution in [0.4, 0.5) is 5.82 Å². The maximum Gasteiger partial charge on any atom is 0.127 e. The summed E-state index contributed by atoms with van der Waals surface area (Å²) in [5.41, 5.74) is 6.58. The number of aromatic nitrogens is 1. The van der Waals surface area contributed by atoms with Crippen LogP contribution in [0.15, 0.2) is 12.3 Å². The SMILES string of the molecule is Nc1ncc(Cl)cc1C1CCOCC1O. The van der Waals surface area contributed by atoms with E-state index in [-0.39, 0.29) is 5.92 Å². The molecule has 5 heteroatoms. The zero-order valence-electron chi connectivity index (χ0n) is 8.19. The summed E-state index contributed by atoms with van der Waals surface area (Å²) in [4.78, 5) is 3.98. The van der Waals surface area contributed by atoms with Gasteiger partial charge in [0.1, 0.15) is 5.82 Å². The van der Waals surface area contributed by atoms with Crippen molar-refractivity contribution in [2.24, 2.45) is 0 Å². The Labute approximate surface area is 93.0 Å². The fraction of sp³-hybridized carbons (Fsp3) is 0.500. The summed E-state index contributed by atoms with van der Waals surface area (Å²) in [5.74, 6) is 0.412. The van der Waals surface area contributed by atoms with Crippen LogP contribution >= 0.6 is 11.6 Å². The van der Waals surface area contributed by atoms with E-state index in [1.165, 1.54) is 6.20 Å². The molecule has 0 saturated carbocycles. The highest BCUT2D eigenvalue weighted by Crippen LogP contribution is 2.31. The largest absolute Gasteiger partial charge is 0.390 e. The lowest BCUT2D eigenvalue weighted by Gasteiger charge is -2.28. The number of rotatable bonds is 1. The molecule has 1 fully saturated rings. The first-order valence-electron chi connectivity index (χ1n) is 4.85. The van der Waals surface area contributed by atoms with Crippen molar-refractivity contribution in [1.82, 2.24) is 4.98 Å². The first-order valence-corrected chi connectivity index (χ1v) is 5.23. The monoisotopic (exact) mass is 228 g/mol. The van der Waals surface area contributed by atoms with Gasteiger partial charge in [-0.3, -0.25) is 0 Å².